The molecule has 32 heavy (non-hydrogen) atoms. The molecular formula is C26H29N3O2S. The number of para-hydroxylation sites is 2. The number of thiazole rings is 1. The average molecular weight is 448 g/mol. The number of anilines is 1. The highest BCUT2D eigenvalue weighted by Gasteiger charge is 2.36. The third-order valence-corrected chi connectivity index (χ3v) is 7.58. The summed E-state index contributed by atoms with van der Waals surface area (Å²) in [6.07, 6.45) is 4.15. The molecule has 2 aromatic heterocycles. The van der Waals surface area contributed by atoms with Crippen molar-refractivity contribution in [3.8, 4) is 5.75 Å². The van der Waals surface area contributed by atoms with E-state index in [0.29, 0.717) is 10.5 Å². The summed E-state index contributed by atoms with van der Waals surface area (Å²) in [5.74, 6) is 1.23. The van der Waals surface area contributed by atoms with Crippen molar-refractivity contribution in [2.24, 2.45) is 0 Å². The van der Waals surface area contributed by atoms with Gasteiger partial charge in [-0.2, -0.15) is 0 Å². The molecule has 0 saturated carbocycles. The summed E-state index contributed by atoms with van der Waals surface area (Å²) in [4.78, 5) is 21.1. The van der Waals surface area contributed by atoms with Gasteiger partial charge in [-0.1, -0.05) is 37.3 Å². The Balaban J connectivity index is 1.70. The standard InChI is InChI=1S/C26H29N3O2S/c1-6-11-28-21-14-22(31-5)17(12-18(21)16(2)15-26(28,3)4)13-23-24(30)29-20-10-8-7-9-19(20)27-25(29)32-23/h7-10,12-14,16H,6,11,15H2,1-5H3/b23-13+. The van der Waals surface area contributed by atoms with Gasteiger partial charge in [-0.25, -0.2) is 9.38 Å². The van der Waals surface area contributed by atoms with Crippen LogP contribution in [0.5, 0.6) is 5.75 Å². The van der Waals surface area contributed by atoms with Gasteiger partial charge in [0.2, 0.25) is 0 Å². The van der Waals surface area contributed by atoms with Crippen LogP contribution < -0.4 is 19.7 Å². The molecule has 0 spiro atoms. The Morgan fingerprint density at radius 2 is 2.06 bits per heavy atom. The van der Waals surface area contributed by atoms with Crippen molar-refractivity contribution in [3.05, 3.63) is 62.4 Å². The van der Waals surface area contributed by atoms with Crippen LogP contribution >= 0.6 is 11.3 Å². The summed E-state index contributed by atoms with van der Waals surface area (Å²) in [6, 6.07) is 12.1. The zero-order valence-electron chi connectivity index (χ0n) is 19.3. The molecule has 6 heteroatoms. The van der Waals surface area contributed by atoms with Crippen molar-refractivity contribution in [1.82, 2.24) is 9.38 Å². The second kappa shape index (κ2) is 7.62. The molecule has 1 aliphatic rings. The number of nitrogens with zero attached hydrogens (tertiary/aromatic N) is 3. The molecule has 0 radical (unpaired) electrons. The molecule has 0 saturated heterocycles. The molecule has 166 valence electrons. The smallest absolute Gasteiger partial charge is 0.274 e. The maximum absolute atomic E-state index is 13.2. The van der Waals surface area contributed by atoms with E-state index in [0.717, 1.165) is 46.7 Å². The van der Waals surface area contributed by atoms with E-state index in [1.54, 1.807) is 11.5 Å². The third kappa shape index (κ3) is 3.20. The zero-order chi connectivity index (χ0) is 22.6. The summed E-state index contributed by atoms with van der Waals surface area (Å²) < 4.78 is 8.19. The first kappa shape index (κ1) is 21.0. The van der Waals surface area contributed by atoms with E-state index in [-0.39, 0.29) is 11.1 Å². The molecule has 4 aromatic rings. The van der Waals surface area contributed by atoms with E-state index in [2.05, 4.69) is 49.7 Å². The van der Waals surface area contributed by atoms with Gasteiger partial charge in [0.1, 0.15) is 5.75 Å². The molecule has 1 atom stereocenters. The largest absolute Gasteiger partial charge is 0.496 e. The summed E-state index contributed by atoms with van der Waals surface area (Å²) >= 11 is 1.43. The summed E-state index contributed by atoms with van der Waals surface area (Å²) in [5, 5.41) is 0. The van der Waals surface area contributed by atoms with Crippen molar-refractivity contribution in [1.29, 1.82) is 0 Å². The lowest BCUT2D eigenvalue weighted by molar-refractivity contribution is 0.372. The molecule has 0 amide bonds. The van der Waals surface area contributed by atoms with Gasteiger partial charge < -0.3 is 9.64 Å². The summed E-state index contributed by atoms with van der Waals surface area (Å²) in [5.41, 5.74) is 5.29. The number of imidazole rings is 1. The molecule has 0 aliphatic carbocycles. The number of hydrogen-bond donors (Lipinski definition) is 0. The van der Waals surface area contributed by atoms with Gasteiger partial charge in [0, 0.05) is 29.4 Å². The minimum atomic E-state index is -0.0275. The van der Waals surface area contributed by atoms with Crippen LogP contribution in [0, 0.1) is 0 Å². The minimum Gasteiger partial charge on any atom is -0.496 e. The lowest BCUT2D eigenvalue weighted by Gasteiger charge is -2.47. The predicted molar refractivity (Wildman–Crippen MR) is 133 cm³/mol. The molecule has 5 rings (SSSR count). The van der Waals surface area contributed by atoms with Gasteiger partial charge in [0.25, 0.3) is 5.56 Å². The van der Waals surface area contributed by atoms with Gasteiger partial charge in [0.15, 0.2) is 4.96 Å². The number of benzene rings is 2. The van der Waals surface area contributed by atoms with Crippen LogP contribution in [0.25, 0.3) is 22.1 Å². The summed E-state index contributed by atoms with van der Waals surface area (Å²) in [7, 11) is 1.70. The molecule has 1 unspecified atom stereocenters. The van der Waals surface area contributed by atoms with Crippen molar-refractivity contribution in [2.45, 2.75) is 52.0 Å². The fourth-order valence-corrected chi connectivity index (χ4v) is 6.19. The average Bonchev–Trinajstić information content (AvgIpc) is 3.27. The first-order chi connectivity index (χ1) is 15.3. The van der Waals surface area contributed by atoms with Crippen LogP contribution in [0.15, 0.2) is 41.2 Å². The Kier molecular flexibility index (Phi) is 5.01. The Bertz CT molecular complexity index is 1430. The van der Waals surface area contributed by atoms with Crippen molar-refractivity contribution in [3.63, 3.8) is 0 Å². The van der Waals surface area contributed by atoms with Gasteiger partial charge in [-0.3, -0.25) is 4.79 Å². The highest BCUT2D eigenvalue weighted by Crippen LogP contribution is 2.45. The lowest BCUT2D eigenvalue weighted by atomic mass is 9.79. The Labute approximate surface area is 192 Å². The molecule has 2 aromatic carbocycles. The van der Waals surface area contributed by atoms with Gasteiger partial charge >= 0.3 is 0 Å². The zero-order valence-corrected chi connectivity index (χ0v) is 20.1. The fourth-order valence-electron chi connectivity index (χ4n) is 5.22. The van der Waals surface area contributed by atoms with Gasteiger partial charge in [-0.15, -0.1) is 0 Å². The number of fused-ring (bicyclic) bond motifs is 4. The highest BCUT2D eigenvalue weighted by atomic mass is 32.1. The molecular weight excluding hydrogens is 418 g/mol. The second-order valence-corrected chi connectivity index (χ2v) is 10.4. The number of aromatic nitrogens is 2. The van der Waals surface area contributed by atoms with Crippen LogP contribution in [0.3, 0.4) is 0 Å². The van der Waals surface area contributed by atoms with Crippen LogP contribution in [0.1, 0.15) is 57.6 Å². The van der Waals surface area contributed by atoms with Crippen molar-refractivity contribution >= 4 is 39.1 Å². The number of methoxy groups -OCH3 is 1. The number of ether oxygens (including phenoxy) is 1. The quantitative estimate of drug-likeness (QED) is 0.443. The van der Waals surface area contributed by atoms with Gasteiger partial charge in [-0.05, 0) is 62.4 Å². The monoisotopic (exact) mass is 447 g/mol. The summed E-state index contributed by atoms with van der Waals surface area (Å²) in [6.45, 7) is 10.2. The number of hydrogen-bond acceptors (Lipinski definition) is 5. The third-order valence-electron chi connectivity index (χ3n) is 6.62. The molecule has 0 fully saturated rings. The van der Waals surface area contributed by atoms with E-state index >= 15 is 0 Å². The molecule has 0 bridgehead atoms. The Morgan fingerprint density at radius 3 is 2.81 bits per heavy atom. The Hall–Kier alpha value is -2.86. The molecule has 1 aliphatic heterocycles. The maximum Gasteiger partial charge on any atom is 0.274 e. The van der Waals surface area contributed by atoms with Crippen molar-refractivity contribution < 1.29 is 4.74 Å². The van der Waals surface area contributed by atoms with Crippen LogP contribution in [-0.2, 0) is 0 Å². The predicted octanol–water partition coefficient (Wildman–Crippen LogP) is 4.97. The Morgan fingerprint density at radius 1 is 1.28 bits per heavy atom. The van der Waals surface area contributed by atoms with Crippen LogP contribution in [0.4, 0.5) is 5.69 Å². The van der Waals surface area contributed by atoms with Crippen molar-refractivity contribution in [2.75, 3.05) is 18.6 Å². The van der Waals surface area contributed by atoms with Crippen LogP contribution in [0.2, 0.25) is 0 Å². The van der Waals surface area contributed by atoms with Crippen LogP contribution in [-0.4, -0.2) is 28.6 Å². The van der Waals surface area contributed by atoms with E-state index in [1.807, 2.05) is 30.3 Å². The van der Waals surface area contributed by atoms with E-state index in [9.17, 15) is 4.79 Å². The fraction of sp³-hybridized carbons (Fsp3) is 0.385. The normalized spacial score (nSPS) is 18.5. The SMILES string of the molecule is CCCN1c2cc(OC)c(/C=c3/sc4nc5ccccc5n4c3=O)cc2C(C)CC1(C)C. The molecule has 5 nitrogen and oxygen atoms in total. The molecule has 0 N–H and O–H groups in total. The highest BCUT2D eigenvalue weighted by molar-refractivity contribution is 7.15. The van der Waals surface area contributed by atoms with E-state index in [1.165, 1.54) is 22.6 Å². The second-order valence-electron chi connectivity index (χ2n) is 9.36. The first-order valence-corrected chi connectivity index (χ1v) is 12.1. The maximum atomic E-state index is 13.2. The first-order valence-electron chi connectivity index (χ1n) is 11.3. The van der Waals surface area contributed by atoms with E-state index in [4.69, 9.17) is 4.74 Å². The molecule has 3 heterocycles. The van der Waals surface area contributed by atoms with Gasteiger partial charge in [0.05, 0.1) is 22.7 Å². The topological polar surface area (TPSA) is 46.8 Å². The lowest BCUT2D eigenvalue weighted by Crippen LogP contribution is -2.48. The number of rotatable bonds is 4. The van der Waals surface area contributed by atoms with E-state index < -0.39 is 0 Å². The minimum absolute atomic E-state index is 0.0275.